The number of anilines is 2. The molecule has 1 amide bonds. The lowest BCUT2D eigenvalue weighted by atomic mass is 10.1. The number of hydrogen-bond donors (Lipinski definition) is 1. The highest BCUT2D eigenvalue weighted by Crippen LogP contribution is 2.29. The summed E-state index contributed by atoms with van der Waals surface area (Å²) in [6.45, 7) is 2.85. The third-order valence-corrected chi connectivity index (χ3v) is 6.60. The third-order valence-electron chi connectivity index (χ3n) is 5.64. The number of hydrogen-bond acceptors (Lipinski definition) is 5. The average Bonchev–Trinajstić information content (AvgIpc) is 3.30. The van der Waals surface area contributed by atoms with Crippen molar-refractivity contribution in [2.24, 2.45) is 0 Å². The number of benzene rings is 2. The van der Waals surface area contributed by atoms with E-state index in [0.717, 1.165) is 42.0 Å². The van der Waals surface area contributed by atoms with E-state index in [1.165, 1.54) is 4.88 Å². The Morgan fingerprint density at radius 1 is 1.10 bits per heavy atom. The first-order chi connectivity index (χ1) is 15.2. The van der Waals surface area contributed by atoms with Gasteiger partial charge < -0.3 is 19.9 Å². The monoisotopic (exact) mass is 435 g/mol. The summed E-state index contributed by atoms with van der Waals surface area (Å²) in [7, 11) is 4.00. The van der Waals surface area contributed by atoms with Crippen molar-refractivity contribution in [1.82, 2.24) is 5.32 Å². The number of rotatable bonds is 8. The maximum absolute atomic E-state index is 13.3. The number of amides is 1. The van der Waals surface area contributed by atoms with Gasteiger partial charge >= 0.3 is 0 Å². The van der Waals surface area contributed by atoms with Crippen molar-refractivity contribution in [2.45, 2.75) is 19.1 Å². The number of carbonyl (C=O) groups excluding carboxylic acids is 1. The van der Waals surface area contributed by atoms with E-state index in [4.69, 9.17) is 4.74 Å². The minimum Gasteiger partial charge on any atom is -0.372 e. The average molecular weight is 436 g/mol. The number of nitrogens with one attached hydrogen (secondary N) is 1. The van der Waals surface area contributed by atoms with Crippen LogP contribution in [0.1, 0.15) is 33.3 Å². The standard InChI is InChI=1S/C25H29N3O2S/c1-26-13-12-23(24-11-6-16-31-24)30-18-19-7-5-8-20(17-19)28-15-14-27(2)22-10-4-3-9-21(22)25(28)29/h3-11,16-17,23,26H,12-15,18H2,1-2H3/t23-/m0/s1. The van der Waals surface area contributed by atoms with Gasteiger partial charge in [-0.15, -0.1) is 11.3 Å². The molecule has 1 aliphatic rings. The molecule has 0 saturated heterocycles. The predicted octanol–water partition coefficient (Wildman–Crippen LogP) is 4.71. The van der Waals surface area contributed by atoms with Crippen molar-refractivity contribution < 1.29 is 9.53 Å². The molecule has 162 valence electrons. The fourth-order valence-corrected chi connectivity index (χ4v) is 4.73. The van der Waals surface area contributed by atoms with Crippen LogP contribution in [-0.4, -0.2) is 39.6 Å². The van der Waals surface area contributed by atoms with E-state index in [1.807, 2.05) is 55.4 Å². The van der Waals surface area contributed by atoms with Crippen LogP contribution in [0.25, 0.3) is 0 Å². The van der Waals surface area contributed by atoms with Gasteiger partial charge in [-0.1, -0.05) is 30.3 Å². The van der Waals surface area contributed by atoms with Crippen molar-refractivity contribution >= 4 is 28.6 Å². The molecule has 5 nitrogen and oxygen atoms in total. The Morgan fingerprint density at radius 2 is 1.97 bits per heavy atom. The molecular weight excluding hydrogens is 406 g/mol. The van der Waals surface area contributed by atoms with Crippen molar-refractivity contribution in [3.63, 3.8) is 0 Å². The molecule has 0 fully saturated rings. The first-order valence-corrected chi connectivity index (χ1v) is 11.6. The van der Waals surface area contributed by atoms with Gasteiger partial charge in [0.05, 0.1) is 18.3 Å². The summed E-state index contributed by atoms with van der Waals surface area (Å²) in [6, 6.07) is 20.2. The Morgan fingerprint density at radius 3 is 2.77 bits per heavy atom. The fourth-order valence-electron chi connectivity index (χ4n) is 3.92. The zero-order chi connectivity index (χ0) is 21.6. The number of carbonyl (C=O) groups is 1. The Hall–Kier alpha value is -2.67. The van der Waals surface area contributed by atoms with Gasteiger partial charge in [-0.05, 0) is 61.3 Å². The Kier molecular flexibility index (Phi) is 7.02. The van der Waals surface area contributed by atoms with Crippen LogP contribution < -0.4 is 15.1 Å². The maximum atomic E-state index is 13.3. The Balaban J connectivity index is 1.51. The van der Waals surface area contributed by atoms with Crippen molar-refractivity contribution in [3.05, 3.63) is 82.0 Å². The maximum Gasteiger partial charge on any atom is 0.260 e. The van der Waals surface area contributed by atoms with E-state index in [9.17, 15) is 4.79 Å². The molecule has 0 aliphatic carbocycles. The summed E-state index contributed by atoms with van der Waals surface area (Å²) in [5.41, 5.74) is 3.72. The zero-order valence-corrected chi connectivity index (χ0v) is 18.9. The molecule has 1 aromatic heterocycles. The number of ether oxygens (including phenoxy) is 1. The smallest absolute Gasteiger partial charge is 0.260 e. The molecule has 2 heterocycles. The lowest BCUT2D eigenvalue weighted by Crippen LogP contribution is -2.33. The van der Waals surface area contributed by atoms with Gasteiger partial charge in [0.15, 0.2) is 0 Å². The Bertz CT molecular complexity index is 1010. The topological polar surface area (TPSA) is 44.8 Å². The number of thiophene rings is 1. The molecule has 4 rings (SSSR count). The second-order valence-electron chi connectivity index (χ2n) is 7.77. The lowest BCUT2D eigenvalue weighted by Gasteiger charge is -2.22. The summed E-state index contributed by atoms with van der Waals surface area (Å²) >= 11 is 1.73. The lowest BCUT2D eigenvalue weighted by molar-refractivity contribution is 0.0367. The number of fused-ring (bicyclic) bond motifs is 1. The molecule has 3 aromatic rings. The minimum absolute atomic E-state index is 0.0449. The molecule has 0 saturated carbocycles. The first-order valence-electron chi connectivity index (χ1n) is 10.7. The molecule has 0 unspecified atom stereocenters. The normalized spacial score (nSPS) is 15.0. The molecule has 1 aliphatic heterocycles. The van der Waals surface area contributed by atoms with Crippen LogP contribution >= 0.6 is 11.3 Å². The molecule has 1 atom stereocenters. The fraction of sp³-hybridized carbons (Fsp3) is 0.320. The first kappa shape index (κ1) is 21.6. The van der Waals surface area contributed by atoms with Gasteiger partial charge in [-0.3, -0.25) is 4.79 Å². The van der Waals surface area contributed by atoms with Crippen LogP contribution in [0.15, 0.2) is 66.0 Å². The van der Waals surface area contributed by atoms with E-state index in [2.05, 4.69) is 39.9 Å². The summed E-state index contributed by atoms with van der Waals surface area (Å²) in [4.78, 5) is 18.6. The van der Waals surface area contributed by atoms with Gasteiger partial charge in [-0.2, -0.15) is 0 Å². The van der Waals surface area contributed by atoms with Crippen LogP contribution in [0, 0.1) is 0 Å². The highest BCUT2D eigenvalue weighted by Gasteiger charge is 2.25. The highest BCUT2D eigenvalue weighted by molar-refractivity contribution is 7.10. The number of para-hydroxylation sites is 1. The molecule has 0 bridgehead atoms. The molecule has 2 aromatic carbocycles. The summed E-state index contributed by atoms with van der Waals surface area (Å²) < 4.78 is 6.30. The largest absolute Gasteiger partial charge is 0.372 e. The SMILES string of the molecule is CNCC[C@H](OCc1cccc(N2CCN(C)c3ccccc3C2=O)c1)c1cccs1. The van der Waals surface area contributed by atoms with E-state index in [1.54, 1.807) is 11.3 Å². The van der Waals surface area contributed by atoms with Gasteiger partial charge in [0, 0.05) is 36.4 Å². The van der Waals surface area contributed by atoms with Crippen LogP contribution in [-0.2, 0) is 11.3 Å². The van der Waals surface area contributed by atoms with E-state index in [-0.39, 0.29) is 12.0 Å². The van der Waals surface area contributed by atoms with Crippen LogP contribution in [0.4, 0.5) is 11.4 Å². The quantitative estimate of drug-likeness (QED) is 0.556. The predicted molar refractivity (Wildman–Crippen MR) is 128 cm³/mol. The zero-order valence-electron chi connectivity index (χ0n) is 18.1. The van der Waals surface area contributed by atoms with Crippen LogP contribution in [0.3, 0.4) is 0 Å². The summed E-state index contributed by atoms with van der Waals surface area (Å²) in [5, 5.41) is 5.30. The second-order valence-corrected chi connectivity index (χ2v) is 8.75. The van der Waals surface area contributed by atoms with Gasteiger partial charge in [0.2, 0.25) is 0 Å². The van der Waals surface area contributed by atoms with E-state index >= 15 is 0 Å². The van der Waals surface area contributed by atoms with E-state index in [0.29, 0.717) is 13.2 Å². The molecule has 0 radical (unpaired) electrons. The van der Waals surface area contributed by atoms with Crippen molar-refractivity contribution in [1.29, 1.82) is 0 Å². The summed E-state index contributed by atoms with van der Waals surface area (Å²) in [5.74, 6) is 0.0449. The minimum atomic E-state index is 0.0449. The van der Waals surface area contributed by atoms with Gasteiger partial charge in [0.1, 0.15) is 0 Å². The third kappa shape index (κ3) is 4.98. The highest BCUT2D eigenvalue weighted by atomic mass is 32.1. The van der Waals surface area contributed by atoms with Crippen LogP contribution in [0.2, 0.25) is 0 Å². The summed E-state index contributed by atoms with van der Waals surface area (Å²) in [6.07, 6.45) is 0.987. The number of nitrogens with zero attached hydrogens (tertiary/aromatic N) is 2. The molecule has 1 N–H and O–H groups in total. The van der Waals surface area contributed by atoms with E-state index < -0.39 is 0 Å². The van der Waals surface area contributed by atoms with Gasteiger partial charge in [0.25, 0.3) is 5.91 Å². The molecular formula is C25H29N3O2S. The molecule has 31 heavy (non-hydrogen) atoms. The second kappa shape index (κ2) is 10.1. The number of likely N-dealkylation sites (N-methyl/N-ethyl adjacent to an activating group) is 1. The molecule has 0 spiro atoms. The van der Waals surface area contributed by atoms with Crippen LogP contribution in [0.5, 0.6) is 0 Å². The van der Waals surface area contributed by atoms with Crippen molar-refractivity contribution in [3.8, 4) is 0 Å². The Labute approximate surface area is 188 Å². The van der Waals surface area contributed by atoms with Crippen molar-refractivity contribution in [2.75, 3.05) is 43.5 Å². The molecule has 6 heteroatoms. The van der Waals surface area contributed by atoms with Gasteiger partial charge in [-0.25, -0.2) is 0 Å².